The highest BCUT2D eigenvalue weighted by Crippen LogP contribution is 2.14. The topological polar surface area (TPSA) is 79.4 Å². The molecule has 0 aromatic carbocycles. The number of carbonyl (C=O) groups excluding carboxylic acids is 1. The van der Waals surface area contributed by atoms with Crippen molar-refractivity contribution in [2.75, 3.05) is 19.3 Å². The fourth-order valence-corrected chi connectivity index (χ4v) is 3.03. The third-order valence-corrected chi connectivity index (χ3v) is 4.58. The first-order valence-electron chi connectivity index (χ1n) is 6.23. The summed E-state index contributed by atoms with van der Waals surface area (Å²) < 4.78 is 37.5. The Hall–Kier alpha value is -1.54. The van der Waals surface area contributed by atoms with Crippen molar-refractivity contribution in [1.82, 2.24) is 14.6 Å². The highest BCUT2D eigenvalue weighted by atomic mass is 32.2. The van der Waals surface area contributed by atoms with Crippen molar-refractivity contribution in [3.63, 3.8) is 0 Å². The Bertz CT molecular complexity index is 598. The van der Waals surface area contributed by atoms with Crippen LogP contribution >= 0.6 is 0 Å². The Morgan fingerprint density at radius 2 is 2.10 bits per heavy atom. The first-order chi connectivity index (χ1) is 9.38. The van der Waals surface area contributed by atoms with Gasteiger partial charge >= 0.3 is 0 Å². The van der Waals surface area contributed by atoms with Crippen LogP contribution in [-0.2, 0) is 10.0 Å². The van der Waals surface area contributed by atoms with Gasteiger partial charge in [-0.25, -0.2) is 17.1 Å². The van der Waals surface area contributed by atoms with Crippen molar-refractivity contribution in [1.29, 1.82) is 0 Å². The van der Waals surface area contributed by atoms with Crippen LogP contribution in [-0.4, -0.2) is 49.0 Å². The minimum atomic E-state index is -3.18. The number of nitrogens with zero attached hydrogens (tertiary/aromatic N) is 2. The molecule has 0 bridgehead atoms. The van der Waals surface area contributed by atoms with Crippen molar-refractivity contribution in [3.8, 4) is 0 Å². The van der Waals surface area contributed by atoms with Gasteiger partial charge in [-0.05, 0) is 18.9 Å². The zero-order valence-corrected chi connectivity index (χ0v) is 11.9. The van der Waals surface area contributed by atoms with Crippen molar-refractivity contribution in [3.05, 3.63) is 29.8 Å². The van der Waals surface area contributed by atoms with Gasteiger partial charge in [-0.15, -0.1) is 0 Å². The van der Waals surface area contributed by atoms with Gasteiger partial charge in [0.1, 0.15) is 0 Å². The molecule has 2 rings (SSSR count). The molecule has 1 aliphatic heterocycles. The van der Waals surface area contributed by atoms with Crippen LogP contribution in [0, 0.1) is 5.82 Å². The summed E-state index contributed by atoms with van der Waals surface area (Å²) in [5, 5.41) is 2.72. The molecule has 0 aliphatic carbocycles. The summed E-state index contributed by atoms with van der Waals surface area (Å²) >= 11 is 0. The van der Waals surface area contributed by atoms with Crippen molar-refractivity contribution in [2.24, 2.45) is 0 Å². The Morgan fingerprint density at radius 1 is 1.45 bits per heavy atom. The van der Waals surface area contributed by atoms with Gasteiger partial charge in [0.25, 0.3) is 5.91 Å². The predicted octanol–water partition coefficient (Wildman–Crippen LogP) is 0.375. The van der Waals surface area contributed by atoms with Gasteiger partial charge < -0.3 is 5.32 Å². The smallest absolute Gasteiger partial charge is 0.254 e. The maximum Gasteiger partial charge on any atom is 0.254 e. The third-order valence-electron chi connectivity index (χ3n) is 3.28. The first kappa shape index (κ1) is 14.9. The second-order valence-electron chi connectivity index (χ2n) is 4.77. The van der Waals surface area contributed by atoms with Crippen LogP contribution in [0.4, 0.5) is 4.39 Å². The van der Waals surface area contributed by atoms with Crippen molar-refractivity contribution in [2.45, 2.75) is 18.9 Å². The van der Waals surface area contributed by atoms with E-state index in [9.17, 15) is 17.6 Å². The fraction of sp³-hybridized carbons (Fsp3) is 0.500. The van der Waals surface area contributed by atoms with Crippen LogP contribution in [0.1, 0.15) is 23.2 Å². The summed E-state index contributed by atoms with van der Waals surface area (Å²) in [4.78, 5) is 15.5. The third kappa shape index (κ3) is 3.51. The molecule has 0 saturated carbocycles. The zero-order chi connectivity index (χ0) is 14.8. The largest absolute Gasteiger partial charge is 0.349 e. The van der Waals surface area contributed by atoms with E-state index in [1.165, 1.54) is 16.6 Å². The van der Waals surface area contributed by atoms with Crippen LogP contribution in [0.25, 0.3) is 0 Å². The maximum atomic E-state index is 13.4. The molecule has 0 radical (unpaired) electrons. The van der Waals surface area contributed by atoms with E-state index in [-0.39, 0.29) is 11.6 Å². The average molecular weight is 301 g/mol. The minimum Gasteiger partial charge on any atom is -0.349 e. The summed E-state index contributed by atoms with van der Waals surface area (Å²) in [5.41, 5.74) is -0.0504. The van der Waals surface area contributed by atoms with Crippen LogP contribution in [0.5, 0.6) is 0 Å². The number of aromatic nitrogens is 1. The van der Waals surface area contributed by atoms with E-state index in [4.69, 9.17) is 0 Å². The molecular formula is C12H16FN3O3S. The monoisotopic (exact) mass is 301 g/mol. The molecule has 20 heavy (non-hydrogen) atoms. The Balaban J connectivity index is 1.93. The normalized spacial score (nSPS) is 17.9. The van der Waals surface area contributed by atoms with E-state index < -0.39 is 21.7 Å². The fourth-order valence-electron chi connectivity index (χ4n) is 2.15. The number of pyridine rings is 1. The number of rotatable bonds is 3. The Morgan fingerprint density at radius 3 is 2.65 bits per heavy atom. The molecule has 1 fully saturated rings. The standard InChI is InChI=1S/C12H16FN3O3S/c1-20(18,19)16-6-3-9(4-7-16)15-12(17)10-2-5-14-8-11(10)13/h2,5,8-9H,3-4,6-7H2,1H3,(H,15,17). The highest BCUT2D eigenvalue weighted by molar-refractivity contribution is 7.88. The SMILES string of the molecule is CS(=O)(=O)N1CCC(NC(=O)c2ccncc2F)CC1. The molecule has 2 heterocycles. The van der Waals surface area contributed by atoms with Crippen molar-refractivity contribution >= 4 is 15.9 Å². The number of sulfonamides is 1. The van der Waals surface area contributed by atoms with E-state index in [1.54, 1.807) is 0 Å². The second kappa shape index (κ2) is 5.84. The summed E-state index contributed by atoms with van der Waals surface area (Å²) in [7, 11) is -3.18. The zero-order valence-electron chi connectivity index (χ0n) is 11.0. The number of hydrogen-bond acceptors (Lipinski definition) is 4. The molecular weight excluding hydrogens is 285 g/mol. The first-order valence-corrected chi connectivity index (χ1v) is 8.08. The van der Waals surface area contributed by atoms with Crippen LogP contribution in [0.15, 0.2) is 18.5 Å². The molecule has 1 aromatic heterocycles. The van der Waals surface area contributed by atoms with E-state index in [1.807, 2.05) is 0 Å². The van der Waals surface area contributed by atoms with E-state index >= 15 is 0 Å². The average Bonchev–Trinajstić information content (AvgIpc) is 2.38. The van der Waals surface area contributed by atoms with Crippen molar-refractivity contribution < 1.29 is 17.6 Å². The van der Waals surface area contributed by atoms with Crippen LogP contribution < -0.4 is 5.32 Å². The number of nitrogens with one attached hydrogen (secondary N) is 1. The van der Waals surface area contributed by atoms with Crippen LogP contribution in [0.3, 0.4) is 0 Å². The molecule has 1 saturated heterocycles. The molecule has 1 amide bonds. The summed E-state index contributed by atoms with van der Waals surface area (Å²) in [6, 6.07) is 1.17. The minimum absolute atomic E-state index is 0.0504. The summed E-state index contributed by atoms with van der Waals surface area (Å²) in [6.07, 6.45) is 4.54. The number of carbonyl (C=O) groups is 1. The highest BCUT2D eigenvalue weighted by Gasteiger charge is 2.26. The number of hydrogen-bond donors (Lipinski definition) is 1. The quantitative estimate of drug-likeness (QED) is 0.875. The van der Waals surface area contributed by atoms with E-state index in [0.29, 0.717) is 25.9 Å². The lowest BCUT2D eigenvalue weighted by atomic mass is 10.1. The lowest BCUT2D eigenvalue weighted by molar-refractivity contribution is 0.0919. The molecule has 6 nitrogen and oxygen atoms in total. The molecule has 1 aromatic rings. The van der Waals surface area contributed by atoms with Gasteiger partial charge in [0.15, 0.2) is 5.82 Å². The predicted molar refractivity (Wildman–Crippen MR) is 71.1 cm³/mol. The van der Waals surface area contributed by atoms with E-state index in [0.717, 1.165) is 12.5 Å². The van der Waals surface area contributed by atoms with Gasteiger partial charge in [-0.3, -0.25) is 9.78 Å². The van der Waals surface area contributed by atoms with Gasteiger partial charge in [0.05, 0.1) is 18.0 Å². The lowest BCUT2D eigenvalue weighted by Crippen LogP contribution is -2.46. The second-order valence-corrected chi connectivity index (χ2v) is 6.75. The van der Waals surface area contributed by atoms with Gasteiger partial charge in [-0.2, -0.15) is 0 Å². The molecule has 110 valence electrons. The maximum absolute atomic E-state index is 13.4. The van der Waals surface area contributed by atoms with Gasteiger partial charge in [0, 0.05) is 25.3 Å². The molecule has 8 heteroatoms. The number of piperidine rings is 1. The molecule has 1 N–H and O–H groups in total. The molecule has 1 aliphatic rings. The van der Waals surface area contributed by atoms with Crippen LogP contribution in [0.2, 0.25) is 0 Å². The molecule has 0 unspecified atom stereocenters. The lowest BCUT2D eigenvalue weighted by Gasteiger charge is -2.30. The molecule has 0 atom stereocenters. The number of amides is 1. The van der Waals surface area contributed by atoms with Gasteiger partial charge in [0.2, 0.25) is 10.0 Å². The Labute approximate surface area is 117 Å². The number of halogens is 1. The van der Waals surface area contributed by atoms with Gasteiger partial charge in [-0.1, -0.05) is 0 Å². The summed E-state index contributed by atoms with van der Waals surface area (Å²) in [6.45, 7) is 0.727. The summed E-state index contributed by atoms with van der Waals surface area (Å²) in [5.74, 6) is -1.17. The Kier molecular flexibility index (Phi) is 4.34. The van der Waals surface area contributed by atoms with E-state index in [2.05, 4.69) is 10.3 Å². The molecule has 0 spiro atoms.